The molecule has 1 N–H and O–H groups in total. The fourth-order valence-electron chi connectivity index (χ4n) is 2.05. The van der Waals surface area contributed by atoms with Gasteiger partial charge in [0.1, 0.15) is 5.03 Å². The van der Waals surface area contributed by atoms with E-state index < -0.39 is 5.97 Å². The van der Waals surface area contributed by atoms with Gasteiger partial charge in [-0.05, 0) is 30.5 Å². The fraction of sp³-hybridized carbons (Fsp3) is 0.267. The summed E-state index contributed by atoms with van der Waals surface area (Å²) in [5.41, 5.74) is 1.84. The summed E-state index contributed by atoms with van der Waals surface area (Å²) in [4.78, 5) is 12.5. The third-order valence-electron chi connectivity index (χ3n) is 2.99. The molecule has 0 spiro atoms. The number of hydrogen-bond donors (Lipinski definition) is 1. The minimum absolute atomic E-state index is 0.285. The Morgan fingerprint density at radius 1 is 1.15 bits per heavy atom. The number of hydrogen-bond acceptors (Lipinski definition) is 4. The summed E-state index contributed by atoms with van der Waals surface area (Å²) in [7, 11) is 0. The lowest BCUT2D eigenvalue weighted by molar-refractivity contribution is 0.0690. The van der Waals surface area contributed by atoms with E-state index in [1.807, 2.05) is 44.2 Å². The summed E-state index contributed by atoms with van der Waals surface area (Å²) in [5.74, 6) is -0.940. The third-order valence-corrected chi connectivity index (χ3v) is 3.97. The van der Waals surface area contributed by atoms with Crippen molar-refractivity contribution >= 4 is 17.7 Å². The van der Waals surface area contributed by atoms with E-state index in [4.69, 9.17) is 0 Å². The van der Waals surface area contributed by atoms with Gasteiger partial charge >= 0.3 is 5.97 Å². The van der Waals surface area contributed by atoms with E-state index in [2.05, 4.69) is 10.2 Å². The summed E-state index contributed by atoms with van der Waals surface area (Å²) in [6, 6.07) is 9.61. The molecule has 0 aliphatic carbocycles. The first-order chi connectivity index (χ1) is 9.67. The molecule has 5 heteroatoms. The van der Waals surface area contributed by atoms with Crippen molar-refractivity contribution in [2.75, 3.05) is 0 Å². The van der Waals surface area contributed by atoms with Crippen molar-refractivity contribution in [3.8, 4) is 0 Å². The second-order valence-electron chi connectivity index (χ2n) is 4.23. The van der Waals surface area contributed by atoms with Gasteiger partial charge in [-0.1, -0.05) is 43.8 Å². The van der Waals surface area contributed by atoms with Gasteiger partial charge in [-0.2, -0.15) is 5.10 Å². The Bertz CT molecular complexity index is 615. The molecule has 104 valence electrons. The quantitative estimate of drug-likeness (QED) is 0.913. The predicted octanol–water partition coefficient (Wildman–Crippen LogP) is 3.45. The molecule has 0 unspecified atom stereocenters. The van der Waals surface area contributed by atoms with Gasteiger partial charge in [0.25, 0.3) is 0 Å². The largest absolute Gasteiger partial charge is 0.478 e. The van der Waals surface area contributed by atoms with E-state index >= 15 is 0 Å². The van der Waals surface area contributed by atoms with Crippen LogP contribution in [0.3, 0.4) is 0 Å². The molecule has 0 amide bonds. The number of carbonyl (C=O) groups is 1. The van der Waals surface area contributed by atoms with Gasteiger partial charge in [0.15, 0.2) is 0 Å². The van der Waals surface area contributed by atoms with Crippen molar-refractivity contribution < 1.29 is 9.90 Å². The van der Waals surface area contributed by atoms with Crippen molar-refractivity contribution in [2.45, 2.75) is 36.6 Å². The monoisotopic (exact) mass is 288 g/mol. The molecule has 0 bridgehead atoms. The molecular weight excluding hydrogens is 272 g/mol. The van der Waals surface area contributed by atoms with Crippen LogP contribution in [0.25, 0.3) is 0 Å². The molecule has 0 aliphatic heterocycles. The molecule has 0 fully saturated rings. The van der Waals surface area contributed by atoms with Crippen molar-refractivity contribution in [3.05, 3.63) is 47.2 Å². The lowest BCUT2D eigenvalue weighted by Gasteiger charge is -2.11. The van der Waals surface area contributed by atoms with Gasteiger partial charge < -0.3 is 5.11 Å². The molecule has 0 saturated heterocycles. The normalized spacial score (nSPS) is 10.5. The molecule has 1 heterocycles. The molecule has 1 aromatic carbocycles. The van der Waals surface area contributed by atoms with Crippen LogP contribution >= 0.6 is 11.8 Å². The highest BCUT2D eigenvalue weighted by Crippen LogP contribution is 2.31. The van der Waals surface area contributed by atoms with E-state index in [0.29, 0.717) is 17.9 Å². The smallest absolute Gasteiger partial charge is 0.338 e. The van der Waals surface area contributed by atoms with Crippen LogP contribution in [0.15, 0.2) is 40.3 Å². The van der Waals surface area contributed by atoms with Gasteiger partial charge in [0, 0.05) is 4.90 Å². The molecule has 4 nitrogen and oxygen atoms in total. The maximum Gasteiger partial charge on any atom is 0.338 e. The molecule has 20 heavy (non-hydrogen) atoms. The zero-order valence-electron chi connectivity index (χ0n) is 11.5. The first-order valence-corrected chi connectivity index (χ1v) is 7.33. The second-order valence-corrected chi connectivity index (χ2v) is 5.30. The highest BCUT2D eigenvalue weighted by Gasteiger charge is 2.20. The van der Waals surface area contributed by atoms with Gasteiger partial charge in [-0.3, -0.25) is 0 Å². The Hall–Kier alpha value is -1.88. The zero-order chi connectivity index (χ0) is 14.5. The Kier molecular flexibility index (Phi) is 4.74. The number of aromatic carboxylic acids is 1. The molecule has 0 aliphatic rings. The molecule has 0 saturated carbocycles. The van der Waals surface area contributed by atoms with E-state index in [1.165, 1.54) is 11.8 Å². The molecule has 1 aromatic heterocycles. The molecule has 0 radical (unpaired) electrons. The number of aryl methyl sites for hydroxylation is 1. The van der Waals surface area contributed by atoms with Gasteiger partial charge in [0.2, 0.25) is 0 Å². The second kappa shape index (κ2) is 6.52. The first kappa shape index (κ1) is 14.5. The van der Waals surface area contributed by atoms with E-state index in [9.17, 15) is 9.90 Å². The predicted molar refractivity (Wildman–Crippen MR) is 78.3 cm³/mol. The lowest BCUT2D eigenvalue weighted by Crippen LogP contribution is -2.11. The summed E-state index contributed by atoms with van der Waals surface area (Å²) in [5, 5.41) is 18.2. The average Bonchev–Trinajstić information content (AvgIpc) is 2.47. The van der Waals surface area contributed by atoms with Crippen molar-refractivity contribution in [2.24, 2.45) is 0 Å². The summed E-state index contributed by atoms with van der Waals surface area (Å²) in [6.45, 7) is 3.90. The van der Waals surface area contributed by atoms with Gasteiger partial charge in [-0.15, -0.1) is 5.10 Å². The zero-order valence-corrected chi connectivity index (χ0v) is 12.3. The third kappa shape index (κ3) is 2.99. The minimum atomic E-state index is -0.940. The number of aromatic nitrogens is 2. The Morgan fingerprint density at radius 2 is 1.85 bits per heavy atom. The Labute approximate surface area is 122 Å². The van der Waals surface area contributed by atoms with Crippen molar-refractivity contribution in [1.82, 2.24) is 10.2 Å². The van der Waals surface area contributed by atoms with E-state index in [-0.39, 0.29) is 5.56 Å². The first-order valence-electron chi connectivity index (χ1n) is 6.52. The molecule has 2 rings (SSSR count). The van der Waals surface area contributed by atoms with Crippen LogP contribution in [0.4, 0.5) is 0 Å². The maximum atomic E-state index is 11.6. The highest BCUT2D eigenvalue weighted by atomic mass is 32.2. The molecular formula is C15H16N2O2S. The SMILES string of the molecule is CCc1nnc(Sc2ccccc2)c(C(=O)O)c1CC. The summed E-state index contributed by atoms with van der Waals surface area (Å²) < 4.78 is 0. The van der Waals surface area contributed by atoms with Crippen molar-refractivity contribution in [1.29, 1.82) is 0 Å². The van der Waals surface area contributed by atoms with Crippen LogP contribution in [0.5, 0.6) is 0 Å². The molecule has 0 atom stereocenters. The maximum absolute atomic E-state index is 11.6. The van der Waals surface area contributed by atoms with Crippen LogP contribution in [-0.2, 0) is 12.8 Å². The van der Waals surface area contributed by atoms with Gasteiger partial charge in [-0.25, -0.2) is 4.79 Å². The van der Waals surface area contributed by atoms with Crippen molar-refractivity contribution in [3.63, 3.8) is 0 Å². The standard InChI is InChI=1S/C15H16N2O2S/c1-3-11-12(4-2)16-17-14(13(11)15(18)19)20-10-8-6-5-7-9-10/h5-9H,3-4H2,1-2H3,(H,18,19). The van der Waals surface area contributed by atoms with E-state index in [0.717, 1.165) is 16.2 Å². The van der Waals surface area contributed by atoms with Crippen LogP contribution in [0, 0.1) is 0 Å². The number of rotatable bonds is 5. The van der Waals surface area contributed by atoms with Gasteiger partial charge in [0.05, 0.1) is 11.3 Å². The van der Waals surface area contributed by atoms with Crippen LogP contribution < -0.4 is 0 Å². The fourth-order valence-corrected chi connectivity index (χ4v) is 2.96. The van der Waals surface area contributed by atoms with E-state index in [1.54, 1.807) is 0 Å². The van der Waals surface area contributed by atoms with Crippen LogP contribution in [0.2, 0.25) is 0 Å². The number of carboxylic acids is 1. The number of benzene rings is 1. The topological polar surface area (TPSA) is 63.1 Å². The Balaban J connectivity index is 2.50. The average molecular weight is 288 g/mol. The summed E-state index contributed by atoms with van der Waals surface area (Å²) in [6.07, 6.45) is 1.33. The lowest BCUT2D eigenvalue weighted by atomic mass is 10.0. The number of nitrogens with zero attached hydrogens (tertiary/aromatic N) is 2. The molecule has 2 aromatic rings. The summed E-state index contributed by atoms with van der Waals surface area (Å²) >= 11 is 1.34. The van der Waals surface area contributed by atoms with Crippen LogP contribution in [0.1, 0.15) is 35.5 Å². The Morgan fingerprint density at radius 3 is 2.40 bits per heavy atom. The van der Waals surface area contributed by atoms with Crippen LogP contribution in [-0.4, -0.2) is 21.3 Å². The number of carboxylic acid groups (broad SMARTS) is 1. The minimum Gasteiger partial charge on any atom is -0.478 e. The highest BCUT2D eigenvalue weighted by molar-refractivity contribution is 7.99.